The van der Waals surface area contributed by atoms with E-state index in [4.69, 9.17) is 5.11 Å². The number of nitrogens with one attached hydrogen (secondary N) is 1. The van der Waals surface area contributed by atoms with Crippen LogP contribution in [0.1, 0.15) is 41.9 Å². The largest absolute Gasteiger partial charge is 0.394 e. The minimum absolute atomic E-state index is 0.129. The maximum absolute atomic E-state index is 9.14. The van der Waals surface area contributed by atoms with Crippen molar-refractivity contribution in [2.75, 3.05) is 19.7 Å². The molecule has 0 radical (unpaired) electrons. The van der Waals surface area contributed by atoms with Gasteiger partial charge in [0.1, 0.15) is 0 Å². The van der Waals surface area contributed by atoms with Crippen LogP contribution in [0, 0.1) is 13.8 Å². The number of aliphatic hydroxyl groups excluding tert-OH is 1. The van der Waals surface area contributed by atoms with Crippen LogP contribution in [0.2, 0.25) is 0 Å². The van der Waals surface area contributed by atoms with Crippen LogP contribution in [0.4, 0.5) is 0 Å². The molecule has 2 atom stereocenters. The number of nitrogens with zero attached hydrogens (tertiary/aromatic N) is 3. The highest BCUT2D eigenvalue weighted by molar-refractivity contribution is 5.24. The number of benzene rings is 1. The van der Waals surface area contributed by atoms with Gasteiger partial charge in [-0.2, -0.15) is 5.10 Å². The zero-order chi connectivity index (χ0) is 17.8. The standard InChI is InChI=1S/C20H30N4O/c1-15-20(17(3)24(22-15)11-12-25)13-21-19-9-10-23(14-19)16(2)18-7-5-4-6-8-18/h4-8,16,19,21,25H,9-14H2,1-3H3. The van der Waals surface area contributed by atoms with Crippen molar-refractivity contribution < 1.29 is 5.11 Å². The van der Waals surface area contributed by atoms with E-state index in [2.05, 4.69) is 66.4 Å². The van der Waals surface area contributed by atoms with Crippen molar-refractivity contribution in [1.29, 1.82) is 0 Å². The minimum atomic E-state index is 0.129. The lowest BCUT2D eigenvalue weighted by Gasteiger charge is -2.25. The molecular weight excluding hydrogens is 312 g/mol. The van der Waals surface area contributed by atoms with Gasteiger partial charge in [-0.25, -0.2) is 0 Å². The molecule has 2 unspecified atom stereocenters. The molecule has 1 aliphatic heterocycles. The van der Waals surface area contributed by atoms with Gasteiger partial charge in [-0.1, -0.05) is 30.3 Å². The average molecular weight is 342 g/mol. The van der Waals surface area contributed by atoms with Gasteiger partial charge in [0.2, 0.25) is 0 Å². The molecule has 5 nitrogen and oxygen atoms in total. The van der Waals surface area contributed by atoms with Crippen LogP contribution >= 0.6 is 0 Å². The molecule has 1 aliphatic rings. The Morgan fingerprint density at radius 1 is 1.28 bits per heavy atom. The first-order valence-corrected chi connectivity index (χ1v) is 9.26. The zero-order valence-electron chi connectivity index (χ0n) is 15.6. The molecule has 1 fully saturated rings. The maximum Gasteiger partial charge on any atom is 0.0644 e. The molecule has 2 heterocycles. The Labute approximate surface area is 150 Å². The fourth-order valence-electron chi connectivity index (χ4n) is 3.80. The van der Waals surface area contributed by atoms with E-state index in [1.165, 1.54) is 17.5 Å². The Balaban J connectivity index is 1.56. The van der Waals surface area contributed by atoms with Crippen LogP contribution in [0.15, 0.2) is 30.3 Å². The van der Waals surface area contributed by atoms with Crippen molar-refractivity contribution in [3.63, 3.8) is 0 Å². The Kier molecular flexibility index (Phi) is 5.89. The zero-order valence-corrected chi connectivity index (χ0v) is 15.6. The van der Waals surface area contributed by atoms with E-state index < -0.39 is 0 Å². The molecule has 0 saturated carbocycles. The summed E-state index contributed by atoms with van der Waals surface area (Å²) in [5.74, 6) is 0. The lowest BCUT2D eigenvalue weighted by atomic mass is 10.1. The molecule has 3 rings (SSSR count). The van der Waals surface area contributed by atoms with Gasteiger partial charge < -0.3 is 10.4 Å². The van der Waals surface area contributed by atoms with Gasteiger partial charge in [-0.15, -0.1) is 0 Å². The van der Waals surface area contributed by atoms with Crippen LogP contribution < -0.4 is 5.32 Å². The summed E-state index contributed by atoms with van der Waals surface area (Å²) in [7, 11) is 0. The van der Waals surface area contributed by atoms with Gasteiger partial charge in [-0.05, 0) is 32.8 Å². The molecule has 2 N–H and O–H groups in total. The summed E-state index contributed by atoms with van der Waals surface area (Å²) in [6.45, 7) is 10.2. The quantitative estimate of drug-likeness (QED) is 0.811. The number of hydrogen-bond acceptors (Lipinski definition) is 4. The molecule has 1 saturated heterocycles. The van der Waals surface area contributed by atoms with E-state index in [9.17, 15) is 0 Å². The Morgan fingerprint density at radius 2 is 2.04 bits per heavy atom. The molecule has 25 heavy (non-hydrogen) atoms. The van der Waals surface area contributed by atoms with Gasteiger partial charge >= 0.3 is 0 Å². The van der Waals surface area contributed by atoms with Crippen molar-refractivity contribution in [3.05, 3.63) is 52.8 Å². The van der Waals surface area contributed by atoms with Gasteiger partial charge in [0, 0.05) is 43.0 Å². The van der Waals surface area contributed by atoms with Crippen molar-refractivity contribution >= 4 is 0 Å². The first-order chi connectivity index (χ1) is 12.1. The topological polar surface area (TPSA) is 53.3 Å². The van der Waals surface area contributed by atoms with Crippen molar-refractivity contribution in [2.24, 2.45) is 0 Å². The summed E-state index contributed by atoms with van der Waals surface area (Å²) in [4.78, 5) is 2.56. The third kappa shape index (κ3) is 4.11. The van der Waals surface area contributed by atoms with Crippen molar-refractivity contribution in [1.82, 2.24) is 20.0 Å². The van der Waals surface area contributed by atoms with E-state index in [0.717, 1.165) is 31.0 Å². The molecule has 2 aromatic rings. The first kappa shape index (κ1) is 18.1. The van der Waals surface area contributed by atoms with E-state index in [0.29, 0.717) is 18.6 Å². The lowest BCUT2D eigenvalue weighted by Crippen LogP contribution is -2.33. The fourth-order valence-corrected chi connectivity index (χ4v) is 3.80. The summed E-state index contributed by atoms with van der Waals surface area (Å²) in [6, 6.07) is 11.7. The summed E-state index contributed by atoms with van der Waals surface area (Å²) in [6.07, 6.45) is 1.18. The van der Waals surface area contributed by atoms with Gasteiger partial charge in [0.25, 0.3) is 0 Å². The summed E-state index contributed by atoms with van der Waals surface area (Å²) >= 11 is 0. The van der Waals surface area contributed by atoms with E-state index >= 15 is 0 Å². The predicted molar refractivity (Wildman–Crippen MR) is 100 cm³/mol. The first-order valence-electron chi connectivity index (χ1n) is 9.26. The Hall–Kier alpha value is -1.69. The number of aromatic nitrogens is 2. The van der Waals surface area contributed by atoms with E-state index in [1.54, 1.807) is 0 Å². The Morgan fingerprint density at radius 3 is 2.76 bits per heavy atom. The van der Waals surface area contributed by atoms with Crippen molar-refractivity contribution in [2.45, 2.75) is 52.4 Å². The molecule has 5 heteroatoms. The third-order valence-electron chi connectivity index (χ3n) is 5.46. The van der Waals surface area contributed by atoms with Crippen molar-refractivity contribution in [3.8, 4) is 0 Å². The summed E-state index contributed by atoms with van der Waals surface area (Å²) < 4.78 is 1.91. The second-order valence-electron chi connectivity index (χ2n) is 7.04. The van der Waals surface area contributed by atoms with Crippen LogP contribution in [0.25, 0.3) is 0 Å². The second kappa shape index (κ2) is 8.13. The Bertz CT molecular complexity index is 683. The molecule has 136 valence electrons. The maximum atomic E-state index is 9.14. The highest BCUT2D eigenvalue weighted by atomic mass is 16.3. The van der Waals surface area contributed by atoms with Crippen LogP contribution in [0.3, 0.4) is 0 Å². The smallest absolute Gasteiger partial charge is 0.0644 e. The highest BCUT2D eigenvalue weighted by Gasteiger charge is 2.26. The monoisotopic (exact) mass is 342 g/mol. The van der Waals surface area contributed by atoms with Gasteiger partial charge in [0.05, 0.1) is 18.8 Å². The SMILES string of the molecule is Cc1nn(CCO)c(C)c1CNC1CCN(C(C)c2ccccc2)C1. The molecule has 0 amide bonds. The molecular formula is C20H30N4O. The fraction of sp³-hybridized carbons (Fsp3) is 0.550. The summed E-state index contributed by atoms with van der Waals surface area (Å²) in [5.41, 5.74) is 4.88. The van der Waals surface area contributed by atoms with Gasteiger partial charge in [0.15, 0.2) is 0 Å². The van der Waals surface area contributed by atoms with Crippen LogP contribution in [-0.4, -0.2) is 45.5 Å². The number of aryl methyl sites for hydroxylation is 1. The molecule has 1 aromatic carbocycles. The normalized spacial score (nSPS) is 19.4. The van der Waals surface area contributed by atoms with Crippen LogP contribution in [-0.2, 0) is 13.1 Å². The minimum Gasteiger partial charge on any atom is -0.394 e. The average Bonchev–Trinajstić information content (AvgIpc) is 3.19. The van der Waals surface area contributed by atoms with E-state index in [-0.39, 0.29) is 6.61 Å². The van der Waals surface area contributed by atoms with Crippen LogP contribution in [0.5, 0.6) is 0 Å². The molecule has 0 bridgehead atoms. The number of likely N-dealkylation sites (tertiary alicyclic amines) is 1. The molecule has 1 aromatic heterocycles. The lowest BCUT2D eigenvalue weighted by molar-refractivity contribution is 0.255. The van der Waals surface area contributed by atoms with Gasteiger partial charge in [-0.3, -0.25) is 9.58 Å². The second-order valence-corrected chi connectivity index (χ2v) is 7.04. The number of aliphatic hydroxyl groups is 1. The highest BCUT2D eigenvalue weighted by Crippen LogP contribution is 2.24. The molecule has 0 spiro atoms. The molecule has 0 aliphatic carbocycles. The summed E-state index contributed by atoms with van der Waals surface area (Å²) in [5, 5.41) is 17.4. The predicted octanol–water partition coefficient (Wildman–Crippen LogP) is 2.42. The number of hydrogen-bond donors (Lipinski definition) is 2. The third-order valence-corrected chi connectivity index (χ3v) is 5.46. The van der Waals surface area contributed by atoms with E-state index in [1.807, 2.05) is 4.68 Å². The number of rotatable bonds is 7.